The van der Waals surface area contributed by atoms with Crippen LogP contribution in [-0.2, 0) is 23.2 Å². The number of rotatable bonds is 5. The summed E-state index contributed by atoms with van der Waals surface area (Å²) < 4.78 is 31.1. The molecule has 0 amide bonds. The Morgan fingerprint density at radius 2 is 1.91 bits per heavy atom. The summed E-state index contributed by atoms with van der Waals surface area (Å²) in [5.74, 6) is 3.13. The van der Waals surface area contributed by atoms with Crippen molar-refractivity contribution in [1.29, 1.82) is 0 Å². The van der Waals surface area contributed by atoms with E-state index in [1.807, 2.05) is 24.3 Å². The number of hydrogen-bond acceptors (Lipinski definition) is 7. The molecule has 6 rings (SSSR count). The summed E-state index contributed by atoms with van der Waals surface area (Å²) in [5.41, 5.74) is 6.00. The highest BCUT2D eigenvalue weighted by Gasteiger charge is 2.33. The van der Waals surface area contributed by atoms with Crippen molar-refractivity contribution < 1.29 is 18.2 Å². The first-order valence-electron chi connectivity index (χ1n) is 11.5. The second-order valence-corrected chi connectivity index (χ2v) is 11.0. The lowest BCUT2D eigenvalue weighted by atomic mass is 9.96. The van der Waals surface area contributed by atoms with Crippen molar-refractivity contribution in [2.45, 2.75) is 54.8 Å². The van der Waals surface area contributed by atoms with E-state index in [-0.39, 0.29) is 6.61 Å². The summed E-state index contributed by atoms with van der Waals surface area (Å²) in [6.07, 6.45) is 3.76. The first-order chi connectivity index (χ1) is 17.0. The molecular weight excluding hydrogens is 480 g/mol. The van der Waals surface area contributed by atoms with Gasteiger partial charge in [-0.25, -0.2) is 4.98 Å². The van der Waals surface area contributed by atoms with Gasteiger partial charge in [0.1, 0.15) is 23.8 Å². The first kappa shape index (κ1) is 22.4. The number of aromatic nitrogens is 2. The number of fused-ring (bicyclic) bond motifs is 2. The Morgan fingerprint density at radius 3 is 2.69 bits per heavy atom. The number of hydrogen-bond donors (Lipinski definition) is 1. The van der Waals surface area contributed by atoms with Crippen molar-refractivity contribution in [3.63, 3.8) is 0 Å². The summed E-state index contributed by atoms with van der Waals surface area (Å²) in [4.78, 5) is 5.79. The summed E-state index contributed by atoms with van der Waals surface area (Å²) in [5, 5.41) is 4.46. The maximum absolute atomic E-state index is 13.1. The van der Waals surface area contributed by atoms with Crippen molar-refractivity contribution in [3.8, 4) is 28.6 Å². The van der Waals surface area contributed by atoms with Gasteiger partial charge in [0, 0.05) is 28.0 Å². The van der Waals surface area contributed by atoms with Gasteiger partial charge in [0.15, 0.2) is 5.75 Å². The van der Waals surface area contributed by atoms with Crippen LogP contribution in [0.1, 0.15) is 46.8 Å². The third-order valence-corrected chi connectivity index (χ3v) is 8.12. The van der Waals surface area contributed by atoms with Crippen molar-refractivity contribution in [1.82, 2.24) is 10.1 Å². The minimum absolute atomic E-state index is 0.265. The van der Waals surface area contributed by atoms with E-state index in [1.165, 1.54) is 0 Å². The molecule has 1 unspecified atom stereocenters. The summed E-state index contributed by atoms with van der Waals surface area (Å²) >= 11 is 4.39. The van der Waals surface area contributed by atoms with Crippen LogP contribution >= 0.6 is 12.6 Å². The maximum Gasteiger partial charge on any atom is 0.215 e. The maximum atomic E-state index is 13.1. The zero-order valence-electron chi connectivity index (χ0n) is 19.4. The summed E-state index contributed by atoms with van der Waals surface area (Å²) in [7, 11) is -1.29. The summed E-state index contributed by atoms with van der Waals surface area (Å²) in [6.45, 7) is 4.42. The molecule has 178 valence electrons. The lowest BCUT2D eigenvalue weighted by Gasteiger charge is -2.12. The Labute approximate surface area is 211 Å². The molecule has 1 saturated carbocycles. The molecule has 3 heterocycles. The minimum Gasteiger partial charge on any atom is -0.473 e. The predicted octanol–water partition coefficient (Wildman–Crippen LogP) is 6.51. The van der Waals surface area contributed by atoms with Crippen LogP contribution in [0.5, 0.6) is 17.4 Å². The largest absolute Gasteiger partial charge is 0.473 e. The molecule has 6 nitrogen and oxygen atoms in total. The zero-order valence-corrected chi connectivity index (χ0v) is 21.1. The van der Waals surface area contributed by atoms with Crippen molar-refractivity contribution >= 4 is 23.4 Å². The van der Waals surface area contributed by atoms with Crippen molar-refractivity contribution in [2.24, 2.45) is 0 Å². The Kier molecular flexibility index (Phi) is 5.65. The van der Waals surface area contributed by atoms with Crippen molar-refractivity contribution in [3.05, 3.63) is 76.7 Å². The Bertz CT molecular complexity index is 1460. The average Bonchev–Trinajstić information content (AvgIpc) is 3.61. The molecular formula is C27H24N2O4S2. The van der Waals surface area contributed by atoms with E-state index in [2.05, 4.69) is 48.7 Å². The van der Waals surface area contributed by atoms with Gasteiger partial charge >= 0.3 is 0 Å². The van der Waals surface area contributed by atoms with Gasteiger partial charge in [-0.1, -0.05) is 29.4 Å². The highest BCUT2D eigenvalue weighted by atomic mass is 32.2. The van der Waals surface area contributed by atoms with Gasteiger partial charge in [0.05, 0.1) is 33.2 Å². The van der Waals surface area contributed by atoms with E-state index >= 15 is 0 Å². The third kappa shape index (κ3) is 4.25. The van der Waals surface area contributed by atoms with E-state index in [1.54, 1.807) is 12.3 Å². The molecule has 1 fully saturated rings. The Morgan fingerprint density at radius 1 is 1.11 bits per heavy atom. The smallest absolute Gasteiger partial charge is 0.215 e. The Hall–Kier alpha value is -3.10. The lowest BCUT2D eigenvalue weighted by Crippen LogP contribution is -2.03. The first-order valence-corrected chi connectivity index (χ1v) is 13.3. The van der Waals surface area contributed by atoms with E-state index in [4.69, 9.17) is 14.0 Å². The number of nitrogens with zero attached hydrogens (tertiary/aromatic N) is 2. The number of ether oxygens (including phenoxy) is 2. The topological polar surface area (TPSA) is 74.5 Å². The van der Waals surface area contributed by atoms with Crippen LogP contribution in [0, 0.1) is 13.8 Å². The van der Waals surface area contributed by atoms with Gasteiger partial charge in [0.2, 0.25) is 5.88 Å². The molecule has 8 heteroatoms. The fraction of sp³-hybridized carbons (Fsp3) is 0.259. The normalized spacial score (nSPS) is 16.7. The van der Waals surface area contributed by atoms with Crippen LogP contribution < -0.4 is 9.47 Å². The van der Waals surface area contributed by atoms with Crippen LogP contribution in [0.25, 0.3) is 11.3 Å². The van der Waals surface area contributed by atoms with Crippen LogP contribution in [-0.4, -0.2) is 14.3 Å². The highest BCUT2D eigenvalue weighted by molar-refractivity contribution is 7.84. The van der Waals surface area contributed by atoms with Gasteiger partial charge < -0.3 is 14.0 Å². The highest BCUT2D eigenvalue weighted by Crippen LogP contribution is 2.45. The molecule has 0 bridgehead atoms. The van der Waals surface area contributed by atoms with E-state index in [0.717, 1.165) is 57.0 Å². The van der Waals surface area contributed by atoms with Gasteiger partial charge in [-0.15, -0.1) is 12.6 Å². The third-order valence-electron chi connectivity index (χ3n) is 6.46. The number of thiol groups is 1. The van der Waals surface area contributed by atoms with E-state index in [9.17, 15) is 4.21 Å². The van der Waals surface area contributed by atoms with Gasteiger partial charge in [-0.05, 0) is 49.9 Å². The predicted molar refractivity (Wildman–Crippen MR) is 136 cm³/mol. The van der Waals surface area contributed by atoms with E-state index in [0.29, 0.717) is 33.9 Å². The second kappa shape index (κ2) is 8.84. The molecule has 2 aromatic heterocycles. The second-order valence-electron chi connectivity index (χ2n) is 9.06. The lowest BCUT2D eigenvalue weighted by molar-refractivity contribution is 0.287. The van der Waals surface area contributed by atoms with Gasteiger partial charge in [0.25, 0.3) is 0 Å². The van der Waals surface area contributed by atoms with Gasteiger partial charge in [-0.2, -0.15) is 0 Å². The minimum atomic E-state index is -1.29. The molecule has 2 aliphatic rings. The quantitative estimate of drug-likeness (QED) is 0.312. The fourth-order valence-corrected chi connectivity index (χ4v) is 5.91. The van der Waals surface area contributed by atoms with Crippen LogP contribution in [0.3, 0.4) is 0 Å². The molecule has 0 saturated heterocycles. The van der Waals surface area contributed by atoms with Crippen LogP contribution in [0.2, 0.25) is 0 Å². The fourth-order valence-electron chi connectivity index (χ4n) is 4.49. The molecule has 4 aromatic rings. The molecule has 0 radical (unpaired) electrons. The summed E-state index contributed by atoms with van der Waals surface area (Å²) in [6, 6.07) is 13.5. The average molecular weight is 505 g/mol. The zero-order chi connectivity index (χ0) is 24.1. The standard InChI is InChI=1S/C27H24N2O4S2/c1-15-4-3-5-16(2)25(15)26-20(27(33-29-26)17-6-7-17)13-31-24-11-23-22(12-28-24)32-21-10-19(34)9-8-18(21)14-35(23)30/h3-5,8-12,17,34H,6-7,13-14H2,1-2H3. The molecule has 2 aromatic carbocycles. The molecule has 0 spiro atoms. The molecule has 1 aliphatic carbocycles. The Balaban J connectivity index is 1.31. The van der Waals surface area contributed by atoms with E-state index < -0.39 is 10.8 Å². The van der Waals surface area contributed by atoms with Gasteiger partial charge in [-0.3, -0.25) is 4.21 Å². The molecule has 35 heavy (non-hydrogen) atoms. The monoisotopic (exact) mass is 504 g/mol. The van der Waals surface area contributed by atoms with Crippen molar-refractivity contribution in [2.75, 3.05) is 0 Å². The SMILES string of the molecule is Cc1cccc(C)c1-c1noc(C2CC2)c1COc1cc2c(cn1)Oc1cc(S)ccc1CS2=O. The molecule has 1 atom stereocenters. The van der Waals surface area contributed by atoms with Crippen LogP contribution in [0.15, 0.2) is 63.0 Å². The number of aryl methyl sites for hydroxylation is 2. The number of benzene rings is 2. The number of pyridine rings is 1. The molecule has 0 N–H and O–H groups in total. The van der Waals surface area contributed by atoms with Crippen LogP contribution in [0.4, 0.5) is 0 Å². The molecule has 1 aliphatic heterocycles.